The van der Waals surface area contributed by atoms with Crippen LogP contribution in [0.15, 0.2) is 36.8 Å². The number of pyridine rings is 1. The van der Waals surface area contributed by atoms with E-state index in [1.165, 1.54) is 11.0 Å². The Labute approximate surface area is 234 Å². The molecule has 0 saturated carbocycles. The number of carboxylic acid groups (broad SMARTS) is 1. The number of likely N-dealkylation sites (tertiary alicyclic amines) is 1. The molecule has 1 N–H and O–H groups in total. The average molecular weight is 565 g/mol. The van der Waals surface area contributed by atoms with E-state index in [0.717, 1.165) is 41.0 Å². The molecule has 1 amide bonds. The number of amides is 1. The van der Waals surface area contributed by atoms with Crippen LogP contribution < -0.4 is 0 Å². The molecule has 1 aliphatic rings. The highest BCUT2D eigenvalue weighted by Crippen LogP contribution is 2.37. The van der Waals surface area contributed by atoms with E-state index in [9.17, 15) is 9.90 Å². The van der Waals surface area contributed by atoms with Gasteiger partial charge in [0.2, 0.25) is 0 Å². The van der Waals surface area contributed by atoms with Crippen LogP contribution in [-0.2, 0) is 18.5 Å². The first-order chi connectivity index (χ1) is 19.0. The lowest BCUT2D eigenvalue weighted by molar-refractivity contribution is 0.0818. The molecule has 11 heteroatoms. The Kier molecular flexibility index (Phi) is 7.78. The second-order valence-electron chi connectivity index (χ2n) is 11.9. The lowest BCUT2D eigenvalue weighted by Gasteiger charge is -2.34. The fourth-order valence-electron chi connectivity index (χ4n) is 5.39. The van der Waals surface area contributed by atoms with Gasteiger partial charge in [-0.05, 0) is 55.5 Å². The summed E-state index contributed by atoms with van der Waals surface area (Å²) in [7, 11) is 0.635. The first kappa shape index (κ1) is 28.0. The molecule has 1 fully saturated rings. The van der Waals surface area contributed by atoms with Gasteiger partial charge in [-0.1, -0.05) is 25.7 Å². The summed E-state index contributed by atoms with van der Waals surface area (Å²) in [6.45, 7) is 10.2. The molecule has 9 nitrogen and oxygen atoms in total. The SMILES string of the molecule is Cc1cc(C2CCCCN2C(=O)O)cc(F)c1-c1cc2c(-c3cnn(C)c3)nn(COCC[Si](C)(C)C)c2cn1. The predicted octanol–water partition coefficient (Wildman–Crippen LogP) is 6.46. The molecule has 3 aromatic heterocycles. The van der Waals surface area contributed by atoms with Crippen LogP contribution in [0.2, 0.25) is 25.7 Å². The Bertz CT molecular complexity index is 1520. The monoisotopic (exact) mass is 564 g/mol. The Morgan fingerprint density at radius 3 is 2.67 bits per heavy atom. The number of rotatable bonds is 8. The van der Waals surface area contributed by atoms with Crippen LogP contribution in [0.3, 0.4) is 0 Å². The van der Waals surface area contributed by atoms with Crippen LogP contribution in [0.25, 0.3) is 33.4 Å². The van der Waals surface area contributed by atoms with Crippen molar-refractivity contribution in [1.29, 1.82) is 0 Å². The molecule has 4 heterocycles. The van der Waals surface area contributed by atoms with Gasteiger partial charge in [-0.2, -0.15) is 10.2 Å². The zero-order chi connectivity index (χ0) is 28.6. The number of fused-ring (bicyclic) bond motifs is 1. The minimum atomic E-state index is -1.22. The minimum absolute atomic E-state index is 0.297. The highest BCUT2D eigenvalue weighted by Gasteiger charge is 2.29. The van der Waals surface area contributed by atoms with Crippen LogP contribution in [0.4, 0.5) is 9.18 Å². The van der Waals surface area contributed by atoms with Gasteiger partial charge in [-0.15, -0.1) is 0 Å². The highest BCUT2D eigenvalue weighted by atomic mass is 28.3. The molecule has 40 heavy (non-hydrogen) atoms. The summed E-state index contributed by atoms with van der Waals surface area (Å²) < 4.78 is 25.3. The normalized spacial score (nSPS) is 16.1. The standard InChI is InChI=1S/C29H37FN6O3Si/c1-19-12-20(25-8-6-7-9-35(25)29(37)38)13-23(30)27(19)24-14-22-26(16-31-24)36(18-39-10-11-40(3,4)5)33-28(22)21-15-32-34(2)17-21/h12-17,25H,6-11,18H2,1-5H3,(H,37,38). The Balaban J connectivity index is 1.52. The third-order valence-corrected chi connectivity index (χ3v) is 9.23. The summed E-state index contributed by atoms with van der Waals surface area (Å²) in [6, 6.07) is 5.95. The van der Waals surface area contributed by atoms with E-state index in [4.69, 9.17) is 9.84 Å². The maximum Gasteiger partial charge on any atom is 0.407 e. The van der Waals surface area contributed by atoms with Gasteiger partial charge in [0.15, 0.2) is 0 Å². The molecule has 0 radical (unpaired) electrons. The summed E-state index contributed by atoms with van der Waals surface area (Å²) in [5.74, 6) is -0.414. The lowest BCUT2D eigenvalue weighted by Crippen LogP contribution is -2.37. The lowest BCUT2D eigenvalue weighted by atomic mass is 9.92. The zero-order valence-electron chi connectivity index (χ0n) is 23.8. The van der Waals surface area contributed by atoms with Crippen molar-refractivity contribution >= 4 is 25.1 Å². The van der Waals surface area contributed by atoms with Crippen LogP contribution >= 0.6 is 0 Å². The van der Waals surface area contributed by atoms with Crippen molar-refractivity contribution in [2.24, 2.45) is 7.05 Å². The summed E-state index contributed by atoms with van der Waals surface area (Å²) in [5.41, 5.74) is 4.67. The first-order valence-corrected chi connectivity index (χ1v) is 17.5. The molecule has 4 aromatic rings. The fourth-order valence-corrected chi connectivity index (χ4v) is 6.14. The number of nitrogens with zero attached hydrogens (tertiary/aromatic N) is 6. The number of benzene rings is 1. The van der Waals surface area contributed by atoms with E-state index < -0.39 is 20.0 Å². The molecule has 1 atom stereocenters. The number of piperidine rings is 1. The Morgan fingerprint density at radius 2 is 2.00 bits per heavy atom. The second kappa shape index (κ2) is 11.1. The van der Waals surface area contributed by atoms with E-state index in [1.807, 2.05) is 32.3 Å². The number of hydrogen-bond donors (Lipinski definition) is 1. The van der Waals surface area contributed by atoms with Gasteiger partial charge in [-0.3, -0.25) is 9.67 Å². The summed E-state index contributed by atoms with van der Waals surface area (Å²) in [4.78, 5) is 17.9. The van der Waals surface area contributed by atoms with Crippen molar-refractivity contribution in [3.8, 4) is 22.5 Å². The molecule has 212 valence electrons. The minimum Gasteiger partial charge on any atom is -0.465 e. The van der Waals surface area contributed by atoms with Gasteiger partial charge in [-0.25, -0.2) is 13.9 Å². The van der Waals surface area contributed by atoms with Gasteiger partial charge in [0, 0.05) is 51.0 Å². The summed E-state index contributed by atoms with van der Waals surface area (Å²) in [6.07, 6.45) is 6.83. The van der Waals surface area contributed by atoms with Crippen molar-refractivity contribution in [2.45, 2.75) is 64.6 Å². The van der Waals surface area contributed by atoms with E-state index >= 15 is 4.39 Å². The quantitative estimate of drug-likeness (QED) is 0.195. The first-order valence-electron chi connectivity index (χ1n) is 13.7. The molecular formula is C29H37FN6O3Si. The van der Waals surface area contributed by atoms with Gasteiger partial charge in [0.1, 0.15) is 18.2 Å². The van der Waals surface area contributed by atoms with Crippen molar-refractivity contribution in [3.63, 3.8) is 0 Å². The number of aryl methyl sites for hydroxylation is 2. The molecule has 0 bridgehead atoms. The van der Waals surface area contributed by atoms with Crippen LogP contribution in [0.1, 0.15) is 36.4 Å². The van der Waals surface area contributed by atoms with Gasteiger partial charge in [0.05, 0.1) is 29.6 Å². The molecular weight excluding hydrogens is 527 g/mol. The average Bonchev–Trinajstić information content (AvgIpc) is 3.48. The van der Waals surface area contributed by atoms with Gasteiger partial charge in [0.25, 0.3) is 0 Å². The third-order valence-electron chi connectivity index (χ3n) is 7.52. The maximum absolute atomic E-state index is 15.8. The number of ether oxygens (including phenoxy) is 1. The highest BCUT2D eigenvalue weighted by molar-refractivity contribution is 6.76. The van der Waals surface area contributed by atoms with Gasteiger partial charge >= 0.3 is 6.09 Å². The van der Waals surface area contributed by atoms with Crippen LogP contribution in [0.5, 0.6) is 0 Å². The predicted molar refractivity (Wildman–Crippen MR) is 155 cm³/mol. The summed E-state index contributed by atoms with van der Waals surface area (Å²) in [5, 5.41) is 19.7. The molecule has 1 saturated heterocycles. The molecule has 0 aliphatic carbocycles. The fraction of sp³-hybridized carbons (Fsp3) is 0.448. The number of halogens is 1. The number of carbonyl (C=O) groups is 1. The smallest absolute Gasteiger partial charge is 0.407 e. The van der Waals surface area contributed by atoms with E-state index in [1.54, 1.807) is 21.8 Å². The molecule has 1 aromatic carbocycles. The zero-order valence-corrected chi connectivity index (χ0v) is 24.8. The van der Waals surface area contributed by atoms with Crippen LogP contribution in [-0.4, -0.2) is 61.9 Å². The van der Waals surface area contributed by atoms with Gasteiger partial charge < -0.3 is 14.7 Å². The third kappa shape index (κ3) is 5.80. The molecule has 0 spiro atoms. The Morgan fingerprint density at radius 1 is 1.20 bits per heavy atom. The summed E-state index contributed by atoms with van der Waals surface area (Å²) >= 11 is 0. The van der Waals surface area contributed by atoms with E-state index in [-0.39, 0.29) is 6.04 Å². The van der Waals surface area contributed by atoms with Crippen molar-refractivity contribution in [2.75, 3.05) is 13.2 Å². The van der Waals surface area contributed by atoms with Crippen LogP contribution in [0, 0.1) is 12.7 Å². The van der Waals surface area contributed by atoms with Crippen molar-refractivity contribution in [3.05, 3.63) is 53.7 Å². The topological polar surface area (TPSA) is 98.3 Å². The van der Waals surface area contributed by atoms with Crippen molar-refractivity contribution < 1.29 is 19.0 Å². The Hall–Kier alpha value is -3.57. The van der Waals surface area contributed by atoms with Crippen molar-refractivity contribution in [1.82, 2.24) is 29.4 Å². The number of aromatic nitrogens is 5. The van der Waals surface area contributed by atoms with E-state index in [2.05, 4.69) is 29.7 Å². The molecule has 1 unspecified atom stereocenters. The second-order valence-corrected chi connectivity index (χ2v) is 17.5. The molecule has 1 aliphatic heterocycles. The largest absolute Gasteiger partial charge is 0.465 e. The van der Waals surface area contributed by atoms with E-state index in [0.29, 0.717) is 48.7 Å². The number of hydrogen-bond acceptors (Lipinski definition) is 5. The molecule has 5 rings (SSSR count). The maximum atomic E-state index is 15.8.